The van der Waals surface area contributed by atoms with Crippen molar-refractivity contribution in [2.24, 2.45) is 0 Å². The Kier molecular flexibility index (Phi) is 5.09. The van der Waals surface area contributed by atoms with Gasteiger partial charge in [-0.2, -0.15) is 4.57 Å². The Morgan fingerprint density at radius 1 is 0.828 bits per heavy atom. The minimum Gasteiger partial charge on any atom is -0.477 e. The zero-order chi connectivity index (χ0) is 20.5. The fraction of sp³-hybridized carbons (Fsp3) is 0.0455. The highest BCUT2D eigenvalue weighted by Crippen LogP contribution is 2.34. The average molecular weight is 427 g/mol. The number of carboxylic acid groups (broad SMARTS) is 1. The van der Waals surface area contributed by atoms with E-state index in [4.69, 9.17) is 27.9 Å². The number of nitrogens with zero attached hydrogens (tertiary/aromatic N) is 1. The predicted octanol–water partition coefficient (Wildman–Crippen LogP) is 4.89. The standard InChI is InChI=1S/C22H13Cl2NO4/c23-15-8-5-9-16(24)21(15)29-22(28)20-13-6-1-3-10-17(13)25(12-19(26)27)18-11-4-2-7-14(18)20/h1-11H,12H2/p+1. The summed E-state index contributed by atoms with van der Waals surface area (Å²) in [5.41, 5.74) is 1.52. The Balaban J connectivity index is 1.99. The van der Waals surface area contributed by atoms with E-state index in [9.17, 15) is 14.7 Å². The third kappa shape index (κ3) is 3.50. The van der Waals surface area contributed by atoms with Gasteiger partial charge in [0.2, 0.25) is 17.6 Å². The highest BCUT2D eigenvalue weighted by molar-refractivity contribution is 6.37. The van der Waals surface area contributed by atoms with Crippen molar-refractivity contribution in [3.8, 4) is 5.75 Å². The number of carbonyl (C=O) groups excluding carboxylic acids is 1. The lowest BCUT2D eigenvalue weighted by Gasteiger charge is -2.12. The summed E-state index contributed by atoms with van der Waals surface area (Å²) in [6.07, 6.45) is 0. The van der Waals surface area contributed by atoms with Gasteiger partial charge in [-0.1, -0.05) is 53.5 Å². The van der Waals surface area contributed by atoms with Crippen molar-refractivity contribution in [1.29, 1.82) is 0 Å². The molecule has 4 rings (SSSR count). The fourth-order valence-corrected chi connectivity index (χ4v) is 3.84. The van der Waals surface area contributed by atoms with Gasteiger partial charge < -0.3 is 9.84 Å². The number of aromatic nitrogens is 1. The molecule has 0 amide bonds. The Hall–Kier alpha value is -3.15. The van der Waals surface area contributed by atoms with E-state index >= 15 is 0 Å². The number of hydrogen-bond acceptors (Lipinski definition) is 3. The molecule has 4 aromatic rings. The van der Waals surface area contributed by atoms with E-state index in [0.29, 0.717) is 27.4 Å². The van der Waals surface area contributed by atoms with Crippen LogP contribution in [0, 0.1) is 0 Å². The van der Waals surface area contributed by atoms with E-state index in [1.54, 1.807) is 71.3 Å². The van der Waals surface area contributed by atoms with Crippen molar-refractivity contribution in [3.63, 3.8) is 0 Å². The molecule has 5 nitrogen and oxygen atoms in total. The summed E-state index contributed by atoms with van der Waals surface area (Å²) in [5.74, 6) is -1.53. The highest BCUT2D eigenvalue weighted by atomic mass is 35.5. The number of fused-ring (bicyclic) bond motifs is 2. The molecule has 144 valence electrons. The molecular formula is C22H14Cl2NO4+. The molecule has 0 atom stereocenters. The van der Waals surface area contributed by atoms with E-state index in [-0.39, 0.29) is 22.3 Å². The second-order valence-corrected chi connectivity index (χ2v) is 7.14. The van der Waals surface area contributed by atoms with Crippen LogP contribution in [0.5, 0.6) is 5.75 Å². The number of pyridine rings is 1. The molecule has 0 aliphatic rings. The second kappa shape index (κ2) is 7.70. The largest absolute Gasteiger partial charge is 0.477 e. The van der Waals surface area contributed by atoms with Crippen LogP contribution in [-0.4, -0.2) is 17.0 Å². The molecule has 0 spiro atoms. The molecule has 0 aliphatic heterocycles. The summed E-state index contributed by atoms with van der Waals surface area (Å²) in [5, 5.41) is 11.0. The van der Waals surface area contributed by atoms with Gasteiger partial charge in [-0.25, -0.2) is 9.59 Å². The zero-order valence-electron chi connectivity index (χ0n) is 14.9. The monoisotopic (exact) mass is 426 g/mol. The van der Waals surface area contributed by atoms with Crippen LogP contribution in [0.1, 0.15) is 10.4 Å². The number of ether oxygens (including phenoxy) is 1. The van der Waals surface area contributed by atoms with Crippen LogP contribution in [0.4, 0.5) is 0 Å². The number of carbonyl (C=O) groups is 2. The number of esters is 1. The van der Waals surface area contributed by atoms with Gasteiger partial charge in [-0.05, 0) is 24.3 Å². The van der Waals surface area contributed by atoms with Crippen molar-refractivity contribution in [2.75, 3.05) is 0 Å². The summed E-state index contributed by atoms with van der Waals surface area (Å²) in [4.78, 5) is 24.7. The smallest absolute Gasteiger partial charge is 0.370 e. The number of benzene rings is 3. The molecule has 1 aromatic heterocycles. The molecule has 0 unspecified atom stereocenters. The van der Waals surface area contributed by atoms with Gasteiger partial charge in [-0.15, -0.1) is 0 Å². The minimum absolute atomic E-state index is 0.0799. The normalized spacial score (nSPS) is 11.0. The van der Waals surface area contributed by atoms with Crippen molar-refractivity contribution in [3.05, 3.63) is 82.3 Å². The lowest BCUT2D eigenvalue weighted by Crippen LogP contribution is -2.40. The molecular weight excluding hydrogens is 413 g/mol. The number of carboxylic acids is 1. The summed E-state index contributed by atoms with van der Waals surface area (Å²) in [6, 6.07) is 19.0. The van der Waals surface area contributed by atoms with Crippen LogP contribution < -0.4 is 9.30 Å². The molecule has 1 N–H and O–H groups in total. The number of rotatable bonds is 4. The van der Waals surface area contributed by atoms with E-state index in [1.165, 1.54) is 0 Å². The van der Waals surface area contributed by atoms with E-state index in [2.05, 4.69) is 0 Å². The molecule has 29 heavy (non-hydrogen) atoms. The molecule has 0 bridgehead atoms. The van der Waals surface area contributed by atoms with Gasteiger partial charge in [0.05, 0.1) is 26.4 Å². The van der Waals surface area contributed by atoms with Gasteiger partial charge in [0, 0.05) is 12.1 Å². The molecule has 1 heterocycles. The summed E-state index contributed by atoms with van der Waals surface area (Å²) >= 11 is 12.3. The van der Waals surface area contributed by atoms with Gasteiger partial charge >= 0.3 is 11.9 Å². The Bertz CT molecular complexity index is 1210. The predicted molar refractivity (Wildman–Crippen MR) is 111 cm³/mol. The first kappa shape index (κ1) is 19.2. The van der Waals surface area contributed by atoms with Gasteiger partial charge in [-0.3, -0.25) is 0 Å². The van der Waals surface area contributed by atoms with Crippen molar-refractivity contribution < 1.29 is 24.0 Å². The van der Waals surface area contributed by atoms with E-state index in [1.807, 2.05) is 0 Å². The van der Waals surface area contributed by atoms with Crippen LogP contribution in [0.15, 0.2) is 66.7 Å². The summed E-state index contributed by atoms with van der Waals surface area (Å²) < 4.78 is 7.23. The minimum atomic E-state index is -0.983. The highest BCUT2D eigenvalue weighted by Gasteiger charge is 2.27. The molecule has 0 saturated carbocycles. The summed E-state index contributed by atoms with van der Waals surface area (Å²) in [7, 11) is 0. The second-order valence-electron chi connectivity index (χ2n) is 6.33. The van der Waals surface area contributed by atoms with Crippen LogP contribution in [-0.2, 0) is 11.3 Å². The number of aliphatic carboxylic acids is 1. The van der Waals surface area contributed by atoms with Crippen LogP contribution in [0.2, 0.25) is 10.0 Å². The number of halogens is 2. The van der Waals surface area contributed by atoms with Crippen LogP contribution >= 0.6 is 23.2 Å². The van der Waals surface area contributed by atoms with Gasteiger partial charge in [0.25, 0.3) is 0 Å². The van der Waals surface area contributed by atoms with Crippen LogP contribution in [0.3, 0.4) is 0 Å². The first-order valence-corrected chi connectivity index (χ1v) is 9.44. The SMILES string of the molecule is O=C(O)C[n+]1c2ccccc2c(C(=O)Oc2c(Cl)cccc2Cl)c2ccccc21. The van der Waals surface area contributed by atoms with Crippen molar-refractivity contribution in [1.82, 2.24) is 0 Å². The van der Waals surface area contributed by atoms with Gasteiger partial charge in [0.15, 0.2) is 5.75 Å². The first-order valence-electron chi connectivity index (χ1n) is 8.68. The Labute approximate surface area is 175 Å². The quantitative estimate of drug-likeness (QED) is 0.218. The van der Waals surface area contributed by atoms with Crippen molar-refractivity contribution >= 4 is 56.9 Å². The molecule has 0 aliphatic carbocycles. The Morgan fingerprint density at radius 3 is 1.86 bits per heavy atom. The number of hydrogen-bond donors (Lipinski definition) is 1. The molecule has 7 heteroatoms. The number of para-hydroxylation sites is 3. The molecule has 0 saturated heterocycles. The van der Waals surface area contributed by atoms with Crippen molar-refractivity contribution in [2.45, 2.75) is 6.54 Å². The van der Waals surface area contributed by atoms with Crippen LogP contribution in [0.25, 0.3) is 21.8 Å². The first-order chi connectivity index (χ1) is 14.0. The third-order valence-corrected chi connectivity index (χ3v) is 5.13. The van der Waals surface area contributed by atoms with E-state index in [0.717, 1.165) is 0 Å². The average Bonchev–Trinajstić information content (AvgIpc) is 2.70. The molecule has 3 aromatic carbocycles. The maximum Gasteiger partial charge on any atom is 0.370 e. The fourth-order valence-electron chi connectivity index (χ4n) is 3.36. The molecule has 0 fully saturated rings. The lowest BCUT2D eigenvalue weighted by atomic mass is 10.0. The third-order valence-electron chi connectivity index (χ3n) is 4.54. The zero-order valence-corrected chi connectivity index (χ0v) is 16.4. The topological polar surface area (TPSA) is 67.5 Å². The van der Waals surface area contributed by atoms with Gasteiger partial charge in [0.1, 0.15) is 0 Å². The maximum atomic E-state index is 13.2. The maximum absolute atomic E-state index is 13.2. The molecule has 0 radical (unpaired) electrons. The van der Waals surface area contributed by atoms with E-state index < -0.39 is 11.9 Å². The summed E-state index contributed by atoms with van der Waals surface area (Å²) in [6.45, 7) is -0.243. The Morgan fingerprint density at radius 2 is 1.34 bits per heavy atom. The lowest BCUT2D eigenvalue weighted by molar-refractivity contribution is -0.633.